The summed E-state index contributed by atoms with van der Waals surface area (Å²) in [5.74, 6) is 1.62. The Hall–Kier alpha value is -3.45. The number of hydrogen-bond donors (Lipinski definition) is 1. The first kappa shape index (κ1) is 26.6. The van der Waals surface area contributed by atoms with Gasteiger partial charge in [-0.15, -0.1) is 0 Å². The molecule has 0 spiro atoms. The van der Waals surface area contributed by atoms with E-state index in [0.717, 1.165) is 29.1 Å². The number of nitrogens with zero attached hydrogens (tertiary/aromatic N) is 4. The van der Waals surface area contributed by atoms with Crippen molar-refractivity contribution in [2.24, 2.45) is 0 Å². The van der Waals surface area contributed by atoms with Crippen LogP contribution in [0, 0.1) is 13.8 Å². The van der Waals surface area contributed by atoms with Gasteiger partial charge in [-0.3, -0.25) is 0 Å². The summed E-state index contributed by atoms with van der Waals surface area (Å²) in [7, 11) is 1.71. The van der Waals surface area contributed by atoms with Crippen molar-refractivity contribution in [3.05, 3.63) is 76.5 Å². The summed E-state index contributed by atoms with van der Waals surface area (Å²) in [5.41, 5.74) is 6.44. The molecule has 2 heterocycles. The zero-order valence-electron chi connectivity index (χ0n) is 23.0. The third-order valence-corrected chi connectivity index (χ3v) is 6.60. The van der Waals surface area contributed by atoms with Crippen LogP contribution in [-0.2, 0) is 17.8 Å². The van der Waals surface area contributed by atoms with E-state index in [0.29, 0.717) is 38.6 Å². The van der Waals surface area contributed by atoms with Gasteiger partial charge in [0, 0.05) is 56.4 Å². The van der Waals surface area contributed by atoms with Gasteiger partial charge < -0.3 is 19.9 Å². The Bertz CT molecular complexity index is 1230. The van der Waals surface area contributed by atoms with Crippen molar-refractivity contribution in [2.75, 3.05) is 38.2 Å². The molecule has 1 aromatic heterocycles. The van der Waals surface area contributed by atoms with Crippen LogP contribution >= 0.6 is 0 Å². The fraction of sp³-hybridized carbons (Fsp3) is 0.433. The van der Waals surface area contributed by atoms with Crippen LogP contribution in [0.4, 0.5) is 10.6 Å². The number of hydrogen-bond acceptors (Lipinski definition) is 5. The number of benzene rings is 2. The van der Waals surface area contributed by atoms with Gasteiger partial charge in [0.2, 0.25) is 0 Å². The zero-order valence-corrected chi connectivity index (χ0v) is 23.0. The third-order valence-electron chi connectivity index (χ3n) is 6.60. The summed E-state index contributed by atoms with van der Waals surface area (Å²) in [6, 6.07) is 16.6. The van der Waals surface area contributed by atoms with Gasteiger partial charge in [0.25, 0.3) is 0 Å². The normalized spacial score (nSPS) is 14.1. The standard InChI is InChI=1S/C30H39N5O2/c1-21-12-13-22(2)24(18-21)19-25-26(20-37-6)31-27(23-10-8-7-9-11-23)32-28(25)34-14-16-35(17-15-34)29(36)33-30(3,4)5/h7-13,18H,14-17,19-20H2,1-6H3,(H,33,36). The summed E-state index contributed by atoms with van der Waals surface area (Å²) in [5, 5.41) is 3.08. The monoisotopic (exact) mass is 501 g/mol. The van der Waals surface area contributed by atoms with Crippen LogP contribution in [0.1, 0.15) is 48.7 Å². The van der Waals surface area contributed by atoms with Gasteiger partial charge in [0.15, 0.2) is 5.82 Å². The van der Waals surface area contributed by atoms with Crippen molar-refractivity contribution in [2.45, 2.75) is 53.2 Å². The number of piperazine rings is 1. The maximum atomic E-state index is 12.8. The average Bonchev–Trinajstić information content (AvgIpc) is 2.87. The van der Waals surface area contributed by atoms with Gasteiger partial charge in [0.05, 0.1) is 12.3 Å². The largest absolute Gasteiger partial charge is 0.378 e. The highest BCUT2D eigenvalue weighted by molar-refractivity contribution is 5.75. The molecule has 1 aliphatic heterocycles. The number of rotatable bonds is 6. The molecule has 37 heavy (non-hydrogen) atoms. The van der Waals surface area contributed by atoms with Gasteiger partial charge in [-0.2, -0.15) is 0 Å². The van der Waals surface area contributed by atoms with Gasteiger partial charge in [-0.1, -0.05) is 54.1 Å². The van der Waals surface area contributed by atoms with Crippen LogP contribution in [-0.4, -0.2) is 59.7 Å². The molecule has 7 heteroatoms. The van der Waals surface area contributed by atoms with Crippen molar-refractivity contribution >= 4 is 11.8 Å². The summed E-state index contributed by atoms with van der Waals surface area (Å²) in [6.45, 7) is 13.4. The Morgan fingerprint density at radius 3 is 2.35 bits per heavy atom. The lowest BCUT2D eigenvalue weighted by Gasteiger charge is -2.38. The number of carbonyl (C=O) groups is 1. The van der Waals surface area contributed by atoms with Crippen LogP contribution in [0.25, 0.3) is 11.4 Å². The number of anilines is 1. The Morgan fingerprint density at radius 1 is 1.00 bits per heavy atom. The summed E-state index contributed by atoms with van der Waals surface area (Å²) in [6.07, 6.45) is 0.724. The van der Waals surface area contributed by atoms with Crippen molar-refractivity contribution in [1.82, 2.24) is 20.2 Å². The third kappa shape index (κ3) is 6.66. The molecule has 196 valence electrons. The van der Waals surface area contributed by atoms with E-state index < -0.39 is 0 Å². The van der Waals surface area contributed by atoms with E-state index in [1.807, 2.05) is 56.0 Å². The van der Waals surface area contributed by atoms with Crippen molar-refractivity contribution < 1.29 is 9.53 Å². The number of urea groups is 1. The van der Waals surface area contributed by atoms with Gasteiger partial charge in [-0.05, 0) is 45.7 Å². The smallest absolute Gasteiger partial charge is 0.317 e. The lowest BCUT2D eigenvalue weighted by atomic mass is 9.97. The van der Waals surface area contributed by atoms with Crippen LogP contribution in [0.3, 0.4) is 0 Å². The zero-order chi connectivity index (χ0) is 26.6. The van der Waals surface area contributed by atoms with Gasteiger partial charge in [-0.25, -0.2) is 14.8 Å². The molecule has 3 aromatic rings. The van der Waals surface area contributed by atoms with E-state index in [2.05, 4.69) is 42.3 Å². The van der Waals surface area contributed by atoms with E-state index in [1.165, 1.54) is 16.7 Å². The van der Waals surface area contributed by atoms with E-state index in [1.54, 1.807) is 7.11 Å². The second kappa shape index (κ2) is 11.3. The topological polar surface area (TPSA) is 70.6 Å². The maximum Gasteiger partial charge on any atom is 0.317 e. The molecule has 0 atom stereocenters. The summed E-state index contributed by atoms with van der Waals surface area (Å²) >= 11 is 0. The van der Waals surface area contributed by atoms with Crippen LogP contribution < -0.4 is 10.2 Å². The van der Waals surface area contributed by atoms with E-state index >= 15 is 0 Å². The predicted octanol–water partition coefficient (Wildman–Crippen LogP) is 5.13. The molecule has 0 bridgehead atoms. The highest BCUT2D eigenvalue weighted by Gasteiger charge is 2.27. The highest BCUT2D eigenvalue weighted by atomic mass is 16.5. The molecule has 1 N–H and O–H groups in total. The number of nitrogens with one attached hydrogen (secondary N) is 1. The molecule has 0 saturated carbocycles. The first-order valence-corrected chi connectivity index (χ1v) is 13.0. The van der Waals surface area contributed by atoms with Gasteiger partial charge in [0.1, 0.15) is 5.82 Å². The molecule has 0 unspecified atom stereocenters. The van der Waals surface area contributed by atoms with E-state index in [9.17, 15) is 4.79 Å². The molecule has 0 aliphatic carbocycles. The van der Waals surface area contributed by atoms with E-state index in [4.69, 9.17) is 14.7 Å². The number of methoxy groups -OCH3 is 1. The average molecular weight is 502 g/mol. The molecular formula is C30H39N5O2. The quantitative estimate of drug-likeness (QED) is 0.507. The molecule has 4 rings (SSSR count). The minimum atomic E-state index is -0.265. The number of ether oxygens (including phenoxy) is 1. The van der Waals surface area contributed by atoms with Crippen LogP contribution in [0.2, 0.25) is 0 Å². The predicted molar refractivity (Wildman–Crippen MR) is 149 cm³/mol. The number of aryl methyl sites for hydroxylation is 2. The highest BCUT2D eigenvalue weighted by Crippen LogP contribution is 2.30. The van der Waals surface area contributed by atoms with Crippen molar-refractivity contribution in [1.29, 1.82) is 0 Å². The molecular weight excluding hydrogens is 462 g/mol. The number of amides is 2. The fourth-order valence-corrected chi connectivity index (χ4v) is 4.63. The molecule has 1 saturated heterocycles. The minimum Gasteiger partial charge on any atom is -0.378 e. The molecule has 7 nitrogen and oxygen atoms in total. The molecule has 1 aliphatic rings. The van der Waals surface area contributed by atoms with Crippen molar-refractivity contribution in [3.8, 4) is 11.4 Å². The number of aromatic nitrogens is 2. The molecule has 0 radical (unpaired) electrons. The lowest BCUT2D eigenvalue weighted by molar-refractivity contribution is 0.180. The lowest BCUT2D eigenvalue weighted by Crippen LogP contribution is -2.55. The van der Waals surface area contributed by atoms with Gasteiger partial charge >= 0.3 is 6.03 Å². The Balaban J connectivity index is 1.72. The van der Waals surface area contributed by atoms with Crippen LogP contribution in [0.15, 0.2) is 48.5 Å². The maximum absolute atomic E-state index is 12.8. The van der Waals surface area contributed by atoms with E-state index in [-0.39, 0.29) is 11.6 Å². The first-order chi connectivity index (χ1) is 17.6. The summed E-state index contributed by atoms with van der Waals surface area (Å²) in [4.78, 5) is 27.1. The Kier molecular flexibility index (Phi) is 8.13. The summed E-state index contributed by atoms with van der Waals surface area (Å²) < 4.78 is 5.62. The molecule has 2 amide bonds. The molecule has 2 aromatic carbocycles. The van der Waals surface area contributed by atoms with Crippen LogP contribution in [0.5, 0.6) is 0 Å². The fourth-order valence-electron chi connectivity index (χ4n) is 4.63. The second-order valence-electron chi connectivity index (χ2n) is 10.9. The van der Waals surface area contributed by atoms with Crippen molar-refractivity contribution in [3.63, 3.8) is 0 Å². The molecule has 1 fully saturated rings. The SMILES string of the molecule is COCc1nc(-c2ccccc2)nc(N2CCN(C(=O)NC(C)(C)C)CC2)c1Cc1cc(C)ccc1C. The second-order valence-corrected chi connectivity index (χ2v) is 10.9. The Labute approximate surface area is 220 Å². The minimum absolute atomic E-state index is 0.0181. The number of carbonyl (C=O) groups excluding carboxylic acids is 1. The Morgan fingerprint density at radius 2 is 1.70 bits per heavy atom. The first-order valence-electron chi connectivity index (χ1n) is 13.0.